The standard InChI is InChI=1S/C21H30N2O4/c1-26-17-9-10-18(19(15-17)27-2)21(25)23-12-6-11-22(13-14-23)20(24)16-7-4-3-5-8-16/h9-10,15-16H,3-8,11-14H2,1-2H3. The van der Waals surface area contributed by atoms with Gasteiger partial charge in [0.2, 0.25) is 5.91 Å². The van der Waals surface area contributed by atoms with Crippen LogP contribution in [-0.4, -0.2) is 62.0 Å². The number of nitrogens with zero attached hydrogens (tertiary/aromatic N) is 2. The molecule has 1 aliphatic heterocycles. The van der Waals surface area contributed by atoms with Crippen LogP contribution in [0.15, 0.2) is 18.2 Å². The Morgan fingerprint density at radius 2 is 1.59 bits per heavy atom. The molecule has 6 nitrogen and oxygen atoms in total. The molecule has 0 N–H and O–H groups in total. The molecule has 6 heteroatoms. The minimum Gasteiger partial charge on any atom is -0.497 e. The van der Waals surface area contributed by atoms with E-state index in [0.717, 1.165) is 38.6 Å². The summed E-state index contributed by atoms with van der Waals surface area (Å²) in [5, 5.41) is 0. The van der Waals surface area contributed by atoms with Crippen molar-refractivity contribution in [3.8, 4) is 11.5 Å². The van der Waals surface area contributed by atoms with Gasteiger partial charge in [-0.15, -0.1) is 0 Å². The fourth-order valence-corrected chi connectivity index (χ4v) is 4.09. The lowest BCUT2D eigenvalue weighted by atomic mass is 9.88. The summed E-state index contributed by atoms with van der Waals surface area (Å²) >= 11 is 0. The van der Waals surface area contributed by atoms with Gasteiger partial charge in [-0.1, -0.05) is 19.3 Å². The lowest BCUT2D eigenvalue weighted by molar-refractivity contribution is -0.136. The summed E-state index contributed by atoms with van der Waals surface area (Å²) < 4.78 is 10.6. The lowest BCUT2D eigenvalue weighted by Crippen LogP contribution is -2.40. The van der Waals surface area contributed by atoms with Crippen molar-refractivity contribution in [2.75, 3.05) is 40.4 Å². The Labute approximate surface area is 161 Å². The highest BCUT2D eigenvalue weighted by Gasteiger charge is 2.29. The summed E-state index contributed by atoms with van der Waals surface area (Å²) in [6.07, 6.45) is 6.40. The topological polar surface area (TPSA) is 59.1 Å². The fourth-order valence-electron chi connectivity index (χ4n) is 4.09. The van der Waals surface area contributed by atoms with Crippen LogP contribution in [0, 0.1) is 5.92 Å². The summed E-state index contributed by atoms with van der Waals surface area (Å²) in [6.45, 7) is 2.56. The van der Waals surface area contributed by atoms with E-state index in [9.17, 15) is 9.59 Å². The van der Waals surface area contributed by atoms with Crippen molar-refractivity contribution in [1.29, 1.82) is 0 Å². The predicted octanol–water partition coefficient (Wildman–Crippen LogP) is 2.96. The molecule has 27 heavy (non-hydrogen) atoms. The smallest absolute Gasteiger partial charge is 0.257 e. The third kappa shape index (κ3) is 4.54. The minimum atomic E-state index is -0.0542. The van der Waals surface area contributed by atoms with Crippen LogP contribution in [-0.2, 0) is 4.79 Å². The van der Waals surface area contributed by atoms with Crippen molar-refractivity contribution in [2.45, 2.75) is 38.5 Å². The van der Waals surface area contributed by atoms with Gasteiger partial charge in [-0.3, -0.25) is 9.59 Å². The molecule has 0 unspecified atom stereocenters. The number of carbonyl (C=O) groups is 2. The van der Waals surface area contributed by atoms with E-state index in [-0.39, 0.29) is 17.7 Å². The second-order valence-electron chi connectivity index (χ2n) is 7.37. The normalized spacial score (nSPS) is 18.7. The van der Waals surface area contributed by atoms with E-state index in [1.165, 1.54) is 6.42 Å². The van der Waals surface area contributed by atoms with E-state index in [1.54, 1.807) is 32.4 Å². The second kappa shape index (κ2) is 9.11. The van der Waals surface area contributed by atoms with Crippen LogP contribution in [0.25, 0.3) is 0 Å². The first-order valence-electron chi connectivity index (χ1n) is 9.94. The molecule has 1 aliphatic carbocycles. The fraction of sp³-hybridized carbons (Fsp3) is 0.619. The molecule has 0 aromatic heterocycles. The van der Waals surface area contributed by atoms with Crippen LogP contribution in [0.1, 0.15) is 48.9 Å². The molecule has 1 aromatic rings. The van der Waals surface area contributed by atoms with Crippen molar-refractivity contribution in [3.05, 3.63) is 23.8 Å². The van der Waals surface area contributed by atoms with Gasteiger partial charge in [0.15, 0.2) is 0 Å². The maximum atomic E-state index is 13.0. The van der Waals surface area contributed by atoms with Crippen molar-refractivity contribution in [3.63, 3.8) is 0 Å². The molecule has 0 spiro atoms. The third-order valence-corrected chi connectivity index (χ3v) is 5.69. The van der Waals surface area contributed by atoms with Gasteiger partial charge in [0.1, 0.15) is 11.5 Å². The summed E-state index contributed by atoms with van der Waals surface area (Å²) in [5.41, 5.74) is 0.533. The van der Waals surface area contributed by atoms with Crippen LogP contribution in [0.3, 0.4) is 0 Å². The number of ether oxygens (including phenoxy) is 2. The monoisotopic (exact) mass is 374 g/mol. The summed E-state index contributed by atoms with van der Waals surface area (Å²) in [6, 6.07) is 5.24. The molecule has 2 aliphatic rings. The number of hydrogen-bond donors (Lipinski definition) is 0. The Morgan fingerprint density at radius 3 is 2.30 bits per heavy atom. The first-order valence-corrected chi connectivity index (χ1v) is 9.94. The highest BCUT2D eigenvalue weighted by Crippen LogP contribution is 2.27. The highest BCUT2D eigenvalue weighted by atomic mass is 16.5. The van der Waals surface area contributed by atoms with Crippen LogP contribution in [0.5, 0.6) is 11.5 Å². The lowest BCUT2D eigenvalue weighted by Gasteiger charge is -2.28. The van der Waals surface area contributed by atoms with Crippen molar-refractivity contribution < 1.29 is 19.1 Å². The molecule has 2 amide bonds. The molecule has 1 heterocycles. The molecular formula is C21H30N2O4. The number of carbonyl (C=O) groups excluding carboxylic acids is 2. The molecular weight excluding hydrogens is 344 g/mol. The van der Waals surface area contributed by atoms with E-state index in [1.807, 2.05) is 9.80 Å². The molecule has 1 saturated carbocycles. The van der Waals surface area contributed by atoms with Gasteiger partial charge < -0.3 is 19.3 Å². The Bertz CT molecular complexity index is 670. The molecule has 1 aromatic carbocycles. The first-order chi connectivity index (χ1) is 13.1. The van der Waals surface area contributed by atoms with E-state index in [4.69, 9.17) is 9.47 Å². The molecule has 1 saturated heterocycles. The molecule has 0 atom stereocenters. The number of amides is 2. The van der Waals surface area contributed by atoms with E-state index in [2.05, 4.69) is 0 Å². The first kappa shape index (κ1) is 19.5. The molecule has 0 bridgehead atoms. The van der Waals surface area contributed by atoms with Gasteiger partial charge >= 0.3 is 0 Å². The Hall–Kier alpha value is -2.24. The Kier molecular flexibility index (Phi) is 6.58. The van der Waals surface area contributed by atoms with Crippen LogP contribution in [0.4, 0.5) is 0 Å². The Balaban J connectivity index is 1.65. The number of benzene rings is 1. The minimum absolute atomic E-state index is 0.0542. The van der Waals surface area contributed by atoms with Crippen LogP contribution in [0.2, 0.25) is 0 Å². The van der Waals surface area contributed by atoms with Gasteiger partial charge in [0, 0.05) is 38.2 Å². The zero-order chi connectivity index (χ0) is 19.2. The molecule has 148 valence electrons. The molecule has 2 fully saturated rings. The average molecular weight is 374 g/mol. The predicted molar refractivity (Wildman–Crippen MR) is 103 cm³/mol. The maximum Gasteiger partial charge on any atom is 0.257 e. The quantitative estimate of drug-likeness (QED) is 0.813. The third-order valence-electron chi connectivity index (χ3n) is 5.69. The number of hydrogen-bond acceptors (Lipinski definition) is 4. The highest BCUT2D eigenvalue weighted by molar-refractivity contribution is 5.97. The number of rotatable bonds is 4. The van der Waals surface area contributed by atoms with E-state index in [0.29, 0.717) is 36.7 Å². The van der Waals surface area contributed by atoms with Crippen molar-refractivity contribution in [1.82, 2.24) is 9.80 Å². The summed E-state index contributed by atoms with van der Waals surface area (Å²) in [5.74, 6) is 1.58. The van der Waals surface area contributed by atoms with Gasteiger partial charge in [0.25, 0.3) is 5.91 Å². The van der Waals surface area contributed by atoms with E-state index >= 15 is 0 Å². The van der Waals surface area contributed by atoms with Gasteiger partial charge in [-0.25, -0.2) is 0 Å². The van der Waals surface area contributed by atoms with E-state index < -0.39 is 0 Å². The van der Waals surface area contributed by atoms with Crippen LogP contribution >= 0.6 is 0 Å². The van der Waals surface area contributed by atoms with Crippen LogP contribution < -0.4 is 9.47 Å². The summed E-state index contributed by atoms with van der Waals surface area (Å²) in [7, 11) is 3.14. The Morgan fingerprint density at radius 1 is 0.889 bits per heavy atom. The zero-order valence-corrected chi connectivity index (χ0v) is 16.4. The second-order valence-corrected chi connectivity index (χ2v) is 7.37. The molecule has 0 radical (unpaired) electrons. The average Bonchev–Trinajstić information content (AvgIpc) is 2.99. The maximum absolute atomic E-state index is 13.0. The molecule has 3 rings (SSSR count). The van der Waals surface area contributed by atoms with Gasteiger partial charge in [-0.05, 0) is 31.4 Å². The zero-order valence-electron chi connectivity index (χ0n) is 16.4. The number of methoxy groups -OCH3 is 2. The summed E-state index contributed by atoms with van der Waals surface area (Å²) in [4.78, 5) is 29.6. The largest absolute Gasteiger partial charge is 0.497 e. The SMILES string of the molecule is COc1ccc(C(=O)N2CCCN(C(=O)C3CCCCC3)CC2)c(OC)c1. The van der Waals surface area contributed by atoms with Crippen molar-refractivity contribution >= 4 is 11.8 Å². The van der Waals surface area contributed by atoms with Crippen molar-refractivity contribution in [2.24, 2.45) is 5.92 Å². The van der Waals surface area contributed by atoms with Gasteiger partial charge in [0.05, 0.1) is 19.8 Å². The van der Waals surface area contributed by atoms with Gasteiger partial charge in [-0.2, -0.15) is 0 Å².